The van der Waals surface area contributed by atoms with Gasteiger partial charge < -0.3 is 5.11 Å². The molecule has 4 nitrogen and oxygen atoms in total. The molecule has 1 N–H and O–H groups in total. The summed E-state index contributed by atoms with van der Waals surface area (Å²) >= 11 is 0. The van der Waals surface area contributed by atoms with Crippen LogP contribution in [-0.4, -0.2) is 21.2 Å². The zero-order chi connectivity index (χ0) is 9.42. The van der Waals surface area contributed by atoms with Gasteiger partial charge in [0.25, 0.3) is 0 Å². The first-order chi connectivity index (χ1) is 6.24. The molecule has 0 bridgehead atoms. The fraction of sp³-hybridized carbons (Fsp3) is 0.111. The van der Waals surface area contributed by atoms with Gasteiger partial charge in [-0.3, -0.25) is 9.48 Å². The van der Waals surface area contributed by atoms with Crippen LogP contribution in [0.2, 0.25) is 0 Å². The van der Waals surface area contributed by atoms with Gasteiger partial charge in [0.1, 0.15) is 5.75 Å². The fourth-order valence-electron chi connectivity index (χ4n) is 1.40. The van der Waals surface area contributed by atoms with E-state index in [1.807, 2.05) is 0 Å². The number of rotatable bonds is 1. The molecular formula is C9H8N2O2. The Balaban J connectivity index is 2.96. The first-order valence-corrected chi connectivity index (χ1v) is 3.83. The Morgan fingerprint density at radius 3 is 3.00 bits per heavy atom. The molecule has 0 aliphatic heterocycles. The monoisotopic (exact) mass is 176 g/mol. The van der Waals surface area contributed by atoms with Gasteiger partial charge in [0, 0.05) is 12.4 Å². The highest BCUT2D eigenvalue weighted by Gasteiger charge is 2.09. The van der Waals surface area contributed by atoms with E-state index in [1.165, 1.54) is 6.07 Å². The summed E-state index contributed by atoms with van der Waals surface area (Å²) in [7, 11) is 1.73. The molecule has 0 amide bonds. The molecule has 0 spiro atoms. The van der Waals surface area contributed by atoms with Gasteiger partial charge in [0.2, 0.25) is 0 Å². The van der Waals surface area contributed by atoms with E-state index >= 15 is 0 Å². The molecule has 13 heavy (non-hydrogen) atoms. The van der Waals surface area contributed by atoms with E-state index in [4.69, 9.17) is 0 Å². The maximum Gasteiger partial charge on any atom is 0.155 e. The fourth-order valence-corrected chi connectivity index (χ4v) is 1.40. The molecule has 0 saturated carbocycles. The lowest BCUT2D eigenvalue weighted by atomic mass is 10.1. The molecule has 66 valence electrons. The van der Waals surface area contributed by atoms with Gasteiger partial charge in [-0.05, 0) is 12.1 Å². The Morgan fingerprint density at radius 2 is 2.31 bits per heavy atom. The van der Waals surface area contributed by atoms with Crippen molar-refractivity contribution in [1.82, 2.24) is 9.78 Å². The molecule has 1 aromatic carbocycles. The number of fused-ring (bicyclic) bond motifs is 1. The topological polar surface area (TPSA) is 55.1 Å². The van der Waals surface area contributed by atoms with E-state index in [9.17, 15) is 9.90 Å². The van der Waals surface area contributed by atoms with Crippen molar-refractivity contribution in [2.24, 2.45) is 7.05 Å². The zero-order valence-corrected chi connectivity index (χ0v) is 7.06. The standard InChI is InChI=1S/C9H8N2O2/c1-11-9-6(4-10-11)2-3-8(13)7(9)5-12/h2-5,13H,1H3. The Kier molecular flexibility index (Phi) is 1.55. The van der Waals surface area contributed by atoms with Crippen molar-refractivity contribution in [3.8, 4) is 5.75 Å². The number of hydrogen-bond donors (Lipinski definition) is 1. The molecule has 0 fully saturated rings. The Labute approximate surface area is 74.4 Å². The molecule has 4 heteroatoms. The Bertz CT molecular complexity index is 474. The second-order valence-electron chi connectivity index (χ2n) is 2.82. The second-order valence-corrected chi connectivity index (χ2v) is 2.82. The summed E-state index contributed by atoms with van der Waals surface area (Å²) in [6, 6.07) is 3.22. The minimum atomic E-state index is -0.00824. The molecule has 0 saturated heterocycles. The molecule has 0 unspecified atom stereocenters. The van der Waals surface area contributed by atoms with Gasteiger partial charge in [-0.2, -0.15) is 5.10 Å². The number of nitrogens with zero attached hydrogens (tertiary/aromatic N) is 2. The van der Waals surface area contributed by atoms with Crippen molar-refractivity contribution in [1.29, 1.82) is 0 Å². The van der Waals surface area contributed by atoms with Gasteiger partial charge in [-0.25, -0.2) is 0 Å². The Morgan fingerprint density at radius 1 is 1.54 bits per heavy atom. The first kappa shape index (κ1) is 7.79. The molecule has 0 atom stereocenters. The number of carbonyl (C=O) groups excluding carboxylic acids is 1. The summed E-state index contributed by atoms with van der Waals surface area (Å²) in [5.74, 6) is -0.00824. The van der Waals surface area contributed by atoms with E-state index in [1.54, 1.807) is 24.0 Å². The summed E-state index contributed by atoms with van der Waals surface area (Å²) in [5.41, 5.74) is 0.951. The van der Waals surface area contributed by atoms with E-state index in [0.717, 1.165) is 5.39 Å². The van der Waals surface area contributed by atoms with Gasteiger partial charge >= 0.3 is 0 Å². The van der Waals surface area contributed by atoms with Crippen LogP contribution < -0.4 is 0 Å². The SMILES string of the molecule is Cn1ncc2ccc(O)c(C=O)c21. The zero-order valence-electron chi connectivity index (χ0n) is 7.06. The normalized spacial score (nSPS) is 10.5. The van der Waals surface area contributed by atoms with Crippen molar-refractivity contribution >= 4 is 17.2 Å². The average Bonchev–Trinajstić information content (AvgIpc) is 2.49. The molecule has 0 radical (unpaired) electrons. The highest BCUT2D eigenvalue weighted by Crippen LogP contribution is 2.24. The molecule has 1 aromatic heterocycles. The minimum absolute atomic E-state index is 0.00824. The number of hydrogen-bond acceptors (Lipinski definition) is 3. The van der Waals surface area contributed by atoms with E-state index < -0.39 is 0 Å². The van der Waals surface area contributed by atoms with Crippen molar-refractivity contribution in [2.75, 3.05) is 0 Å². The smallest absolute Gasteiger partial charge is 0.155 e. The molecule has 0 aliphatic rings. The highest BCUT2D eigenvalue weighted by molar-refractivity contribution is 5.98. The third kappa shape index (κ3) is 0.989. The van der Waals surface area contributed by atoms with Gasteiger partial charge in [-0.15, -0.1) is 0 Å². The van der Waals surface area contributed by atoms with E-state index in [2.05, 4.69) is 5.10 Å². The molecule has 2 aromatic rings. The second kappa shape index (κ2) is 2.58. The molecule has 1 heterocycles. The van der Waals surface area contributed by atoms with Gasteiger partial charge in [0.05, 0.1) is 17.3 Å². The third-order valence-corrected chi connectivity index (χ3v) is 2.04. The average molecular weight is 176 g/mol. The number of aromatic hydroxyl groups is 1. The summed E-state index contributed by atoms with van der Waals surface area (Å²) < 4.78 is 1.57. The quantitative estimate of drug-likeness (QED) is 0.662. The van der Waals surface area contributed by atoms with Crippen LogP contribution >= 0.6 is 0 Å². The summed E-state index contributed by atoms with van der Waals surface area (Å²) in [4.78, 5) is 10.7. The summed E-state index contributed by atoms with van der Waals surface area (Å²) in [6.07, 6.45) is 2.29. The lowest BCUT2D eigenvalue weighted by molar-refractivity contribution is 0.112. The predicted molar refractivity (Wildman–Crippen MR) is 47.8 cm³/mol. The van der Waals surface area contributed by atoms with Gasteiger partial charge in [-0.1, -0.05) is 0 Å². The first-order valence-electron chi connectivity index (χ1n) is 3.83. The van der Waals surface area contributed by atoms with Crippen LogP contribution in [0.25, 0.3) is 10.9 Å². The number of phenolic OH excluding ortho intramolecular Hbond substituents is 1. The van der Waals surface area contributed by atoms with Crippen LogP contribution in [0.4, 0.5) is 0 Å². The number of carbonyl (C=O) groups is 1. The van der Waals surface area contributed by atoms with Crippen molar-refractivity contribution in [2.45, 2.75) is 0 Å². The highest BCUT2D eigenvalue weighted by atomic mass is 16.3. The summed E-state index contributed by atoms with van der Waals surface area (Å²) in [6.45, 7) is 0. The number of benzene rings is 1. The maximum atomic E-state index is 10.7. The predicted octanol–water partition coefficient (Wildman–Crippen LogP) is 1.09. The van der Waals surface area contributed by atoms with Crippen molar-refractivity contribution in [3.05, 3.63) is 23.9 Å². The lowest BCUT2D eigenvalue weighted by Crippen LogP contribution is -1.93. The molecule has 0 aliphatic carbocycles. The van der Waals surface area contributed by atoms with Crippen LogP contribution in [0.3, 0.4) is 0 Å². The van der Waals surface area contributed by atoms with Crippen LogP contribution in [0, 0.1) is 0 Å². The van der Waals surface area contributed by atoms with Crippen LogP contribution in [0.5, 0.6) is 5.75 Å². The molecular weight excluding hydrogens is 168 g/mol. The lowest BCUT2D eigenvalue weighted by Gasteiger charge is -2.00. The van der Waals surface area contributed by atoms with Crippen LogP contribution in [0.15, 0.2) is 18.3 Å². The molecule has 2 rings (SSSR count). The largest absolute Gasteiger partial charge is 0.507 e. The Hall–Kier alpha value is -1.84. The van der Waals surface area contributed by atoms with Crippen LogP contribution in [-0.2, 0) is 7.05 Å². The van der Waals surface area contributed by atoms with Crippen molar-refractivity contribution in [3.63, 3.8) is 0 Å². The van der Waals surface area contributed by atoms with E-state index in [-0.39, 0.29) is 11.3 Å². The summed E-state index contributed by atoms with van der Waals surface area (Å²) in [5, 5.41) is 14.2. The number of aromatic nitrogens is 2. The third-order valence-electron chi connectivity index (χ3n) is 2.04. The van der Waals surface area contributed by atoms with Crippen LogP contribution in [0.1, 0.15) is 10.4 Å². The van der Waals surface area contributed by atoms with Crippen molar-refractivity contribution < 1.29 is 9.90 Å². The number of phenols is 1. The minimum Gasteiger partial charge on any atom is -0.507 e. The maximum absolute atomic E-state index is 10.7. The van der Waals surface area contributed by atoms with Gasteiger partial charge in [0.15, 0.2) is 6.29 Å². The number of aldehydes is 1. The number of aryl methyl sites for hydroxylation is 1. The van der Waals surface area contributed by atoms with E-state index in [0.29, 0.717) is 11.8 Å².